The van der Waals surface area contributed by atoms with E-state index in [-0.39, 0.29) is 0 Å². The second kappa shape index (κ2) is 6.30. The molecule has 1 aromatic carbocycles. The van der Waals surface area contributed by atoms with E-state index in [1.54, 1.807) is 7.11 Å². The summed E-state index contributed by atoms with van der Waals surface area (Å²) in [6.07, 6.45) is 0. The van der Waals surface area contributed by atoms with Crippen LogP contribution in [0.15, 0.2) is 24.3 Å². The van der Waals surface area contributed by atoms with Gasteiger partial charge in [0.25, 0.3) is 0 Å². The van der Waals surface area contributed by atoms with E-state index in [0.717, 1.165) is 18.8 Å². The Balaban J connectivity index is 2.72. The van der Waals surface area contributed by atoms with Gasteiger partial charge in [-0.15, -0.1) is 0 Å². The lowest BCUT2D eigenvalue weighted by atomic mass is 10.2. The van der Waals surface area contributed by atoms with Crippen molar-refractivity contribution in [3.63, 3.8) is 0 Å². The zero-order chi connectivity index (χ0) is 11.1. The van der Waals surface area contributed by atoms with Gasteiger partial charge in [-0.3, -0.25) is 0 Å². The molecule has 0 bridgehead atoms. The molecule has 0 aliphatic rings. The first-order chi connectivity index (χ1) is 7.31. The van der Waals surface area contributed by atoms with Crippen molar-refractivity contribution < 1.29 is 9.47 Å². The zero-order valence-electron chi connectivity index (χ0n) is 9.69. The van der Waals surface area contributed by atoms with E-state index in [2.05, 4.69) is 24.8 Å². The monoisotopic (exact) mass is 209 g/mol. The van der Waals surface area contributed by atoms with Crippen molar-refractivity contribution in [1.29, 1.82) is 0 Å². The summed E-state index contributed by atoms with van der Waals surface area (Å²) in [5.41, 5.74) is 1.19. The van der Waals surface area contributed by atoms with Crippen LogP contribution in [0.2, 0.25) is 0 Å². The molecule has 3 nitrogen and oxygen atoms in total. The summed E-state index contributed by atoms with van der Waals surface area (Å²) in [6.45, 7) is 6.59. The van der Waals surface area contributed by atoms with Gasteiger partial charge in [-0.05, 0) is 26.0 Å². The number of hydrogen-bond donors (Lipinski definition) is 0. The summed E-state index contributed by atoms with van der Waals surface area (Å²) >= 11 is 0. The fourth-order valence-corrected chi connectivity index (χ4v) is 1.49. The molecule has 0 aliphatic heterocycles. The maximum Gasteiger partial charge on any atom is 0.188 e. The zero-order valence-corrected chi connectivity index (χ0v) is 9.69. The predicted molar refractivity (Wildman–Crippen MR) is 62.5 cm³/mol. The molecule has 0 fully saturated rings. The topological polar surface area (TPSA) is 21.7 Å². The Hall–Kier alpha value is -1.22. The smallest absolute Gasteiger partial charge is 0.188 e. The fourth-order valence-electron chi connectivity index (χ4n) is 1.49. The van der Waals surface area contributed by atoms with Crippen molar-refractivity contribution in [2.75, 3.05) is 31.9 Å². The number of nitrogens with zero attached hydrogens (tertiary/aromatic N) is 1. The van der Waals surface area contributed by atoms with Gasteiger partial charge in [0.1, 0.15) is 5.75 Å². The quantitative estimate of drug-likeness (QED) is 0.672. The first kappa shape index (κ1) is 11.9. The van der Waals surface area contributed by atoms with Gasteiger partial charge in [0.2, 0.25) is 0 Å². The molecule has 0 saturated carbocycles. The van der Waals surface area contributed by atoms with Crippen LogP contribution in [0.1, 0.15) is 13.8 Å². The maximum absolute atomic E-state index is 5.39. The van der Waals surface area contributed by atoms with Crippen LogP contribution in [0.5, 0.6) is 5.75 Å². The van der Waals surface area contributed by atoms with Gasteiger partial charge in [0, 0.05) is 32.0 Å². The molecular formula is C12H19NO2. The number of rotatable bonds is 6. The Morgan fingerprint density at radius 1 is 1.20 bits per heavy atom. The number of anilines is 1. The van der Waals surface area contributed by atoms with Crippen molar-refractivity contribution in [2.45, 2.75) is 13.8 Å². The second-order valence-electron chi connectivity index (χ2n) is 3.22. The third-order valence-corrected chi connectivity index (χ3v) is 2.29. The molecule has 0 aromatic heterocycles. The van der Waals surface area contributed by atoms with Gasteiger partial charge >= 0.3 is 0 Å². The molecule has 0 N–H and O–H groups in total. The SMILES string of the molecule is CCN(CC)c1cccc(OCOC)c1. The summed E-state index contributed by atoms with van der Waals surface area (Å²) in [5, 5.41) is 0. The Morgan fingerprint density at radius 2 is 1.93 bits per heavy atom. The van der Waals surface area contributed by atoms with E-state index in [4.69, 9.17) is 9.47 Å². The van der Waals surface area contributed by atoms with Gasteiger partial charge in [-0.2, -0.15) is 0 Å². The lowest BCUT2D eigenvalue weighted by molar-refractivity contribution is 0.0511. The highest BCUT2D eigenvalue weighted by atomic mass is 16.7. The van der Waals surface area contributed by atoms with E-state index >= 15 is 0 Å². The largest absolute Gasteiger partial charge is 0.467 e. The maximum atomic E-state index is 5.39. The molecule has 0 saturated heterocycles. The van der Waals surface area contributed by atoms with Gasteiger partial charge in [-0.25, -0.2) is 0 Å². The highest BCUT2D eigenvalue weighted by Gasteiger charge is 2.02. The number of methoxy groups -OCH3 is 1. The predicted octanol–water partition coefficient (Wildman–Crippen LogP) is 2.52. The summed E-state index contributed by atoms with van der Waals surface area (Å²) in [5.74, 6) is 0.848. The summed E-state index contributed by atoms with van der Waals surface area (Å²) in [4.78, 5) is 2.28. The normalized spacial score (nSPS) is 10.1. The van der Waals surface area contributed by atoms with E-state index in [1.165, 1.54) is 5.69 Å². The first-order valence-electron chi connectivity index (χ1n) is 5.28. The molecule has 15 heavy (non-hydrogen) atoms. The molecule has 0 heterocycles. The Labute approximate surface area is 91.6 Å². The third kappa shape index (κ3) is 3.44. The lowest BCUT2D eigenvalue weighted by Gasteiger charge is -2.21. The molecule has 0 spiro atoms. The molecule has 1 rings (SSSR count). The summed E-state index contributed by atoms with van der Waals surface area (Å²) < 4.78 is 10.2. The number of ether oxygens (including phenoxy) is 2. The average molecular weight is 209 g/mol. The van der Waals surface area contributed by atoms with Crippen LogP contribution in [-0.4, -0.2) is 27.0 Å². The standard InChI is InChI=1S/C12H19NO2/c1-4-13(5-2)11-7-6-8-12(9-11)15-10-14-3/h6-9H,4-5,10H2,1-3H3. The number of benzene rings is 1. The molecule has 0 radical (unpaired) electrons. The van der Waals surface area contributed by atoms with E-state index in [1.807, 2.05) is 18.2 Å². The van der Waals surface area contributed by atoms with E-state index in [0.29, 0.717) is 6.79 Å². The van der Waals surface area contributed by atoms with Crippen molar-refractivity contribution in [3.8, 4) is 5.75 Å². The molecule has 0 unspecified atom stereocenters. The molecule has 84 valence electrons. The van der Waals surface area contributed by atoms with E-state index < -0.39 is 0 Å². The van der Waals surface area contributed by atoms with Crippen LogP contribution in [0.4, 0.5) is 5.69 Å². The van der Waals surface area contributed by atoms with Gasteiger partial charge in [0.15, 0.2) is 6.79 Å². The van der Waals surface area contributed by atoms with Crippen LogP contribution in [0, 0.1) is 0 Å². The van der Waals surface area contributed by atoms with Crippen LogP contribution < -0.4 is 9.64 Å². The van der Waals surface area contributed by atoms with Crippen molar-refractivity contribution in [3.05, 3.63) is 24.3 Å². The third-order valence-electron chi connectivity index (χ3n) is 2.29. The molecular weight excluding hydrogens is 190 g/mol. The summed E-state index contributed by atoms with van der Waals surface area (Å²) in [7, 11) is 1.62. The molecule has 1 aromatic rings. The van der Waals surface area contributed by atoms with Crippen LogP contribution >= 0.6 is 0 Å². The van der Waals surface area contributed by atoms with Crippen LogP contribution in [0.3, 0.4) is 0 Å². The molecule has 3 heteroatoms. The highest BCUT2D eigenvalue weighted by Crippen LogP contribution is 2.20. The van der Waals surface area contributed by atoms with Crippen molar-refractivity contribution in [2.24, 2.45) is 0 Å². The minimum atomic E-state index is 0.293. The van der Waals surface area contributed by atoms with Crippen LogP contribution in [-0.2, 0) is 4.74 Å². The lowest BCUT2D eigenvalue weighted by Crippen LogP contribution is -2.21. The Kier molecular flexibility index (Phi) is 4.98. The second-order valence-corrected chi connectivity index (χ2v) is 3.22. The van der Waals surface area contributed by atoms with Gasteiger partial charge < -0.3 is 14.4 Å². The summed E-state index contributed by atoms with van der Waals surface area (Å²) in [6, 6.07) is 8.06. The average Bonchev–Trinajstić information content (AvgIpc) is 2.29. The fraction of sp³-hybridized carbons (Fsp3) is 0.500. The van der Waals surface area contributed by atoms with E-state index in [9.17, 15) is 0 Å². The number of hydrogen-bond acceptors (Lipinski definition) is 3. The first-order valence-corrected chi connectivity index (χ1v) is 5.28. The molecule has 0 amide bonds. The van der Waals surface area contributed by atoms with Crippen LogP contribution in [0.25, 0.3) is 0 Å². The van der Waals surface area contributed by atoms with Crippen molar-refractivity contribution >= 4 is 5.69 Å². The Morgan fingerprint density at radius 3 is 2.53 bits per heavy atom. The Bertz CT molecular complexity index is 285. The molecule has 0 aliphatic carbocycles. The highest BCUT2D eigenvalue weighted by molar-refractivity contribution is 5.50. The minimum Gasteiger partial charge on any atom is -0.467 e. The minimum absolute atomic E-state index is 0.293. The van der Waals surface area contributed by atoms with Crippen molar-refractivity contribution in [1.82, 2.24) is 0 Å². The van der Waals surface area contributed by atoms with Gasteiger partial charge in [0.05, 0.1) is 0 Å². The molecule has 0 atom stereocenters. The van der Waals surface area contributed by atoms with Gasteiger partial charge in [-0.1, -0.05) is 6.07 Å².